The summed E-state index contributed by atoms with van der Waals surface area (Å²) in [6, 6.07) is 0. The summed E-state index contributed by atoms with van der Waals surface area (Å²) in [6.07, 6.45) is 8.25. The quantitative estimate of drug-likeness (QED) is 0.195. The Morgan fingerprint density at radius 2 is 1.51 bits per heavy atom. The molecule has 1 aromatic rings. The lowest BCUT2D eigenvalue weighted by atomic mass is 10.2. The van der Waals surface area contributed by atoms with Gasteiger partial charge in [0.2, 0.25) is 5.91 Å². The van der Waals surface area contributed by atoms with Gasteiger partial charge in [0.25, 0.3) is 0 Å². The Morgan fingerprint density at radius 1 is 0.943 bits per heavy atom. The van der Waals surface area contributed by atoms with Crippen LogP contribution in [0, 0.1) is 0 Å². The van der Waals surface area contributed by atoms with E-state index in [2.05, 4.69) is 15.6 Å². The van der Waals surface area contributed by atoms with Gasteiger partial charge in [-0.25, -0.2) is 0 Å². The molecule has 0 aliphatic rings. The van der Waals surface area contributed by atoms with Crippen molar-refractivity contribution in [2.45, 2.75) is 103 Å². The first-order valence-electron chi connectivity index (χ1n) is 12.5. The normalized spacial score (nSPS) is 15.3. The fourth-order valence-electron chi connectivity index (χ4n) is 2.95. The number of hydrogen-bond donors (Lipinski definition) is 1. The third kappa shape index (κ3) is 14.3. The first-order valence-corrected chi connectivity index (χ1v) is 15.7. The van der Waals surface area contributed by atoms with Gasteiger partial charge in [-0.3, -0.25) is 9.48 Å². The highest BCUT2D eigenvalue weighted by Crippen LogP contribution is 2.43. The van der Waals surface area contributed by atoms with Crippen molar-refractivity contribution in [1.29, 1.82) is 0 Å². The van der Waals surface area contributed by atoms with E-state index in [1.165, 1.54) is 0 Å². The number of aryl methyl sites for hydroxylation is 2. The number of carbonyl (C=O) groups is 1. The Morgan fingerprint density at radius 3 is 2.11 bits per heavy atom. The summed E-state index contributed by atoms with van der Waals surface area (Å²) in [5.74, 6) is -0.00467. The Hall–Kier alpha value is -1.09. The van der Waals surface area contributed by atoms with E-state index in [0.29, 0.717) is 45.2 Å². The molecule has 0 bridgehead atoms. The molecule has 11 nitrogen and oxygen atoms in total. The Bertz CT molecular complexity index is 832. The minimum absolute atomic E-state index is 0.00467. The van der Waals surface area contributed by atoms with Gasteiger partial charge in [0.05, 0.1) is 18.9 Å². The van der Waals surface area contributed by atoms with Crippen LogP contribution in [-0.4, -0.2) is 52.0 Å². The van der Waals surface area contributed by atoms with Crippen molar-refractivity contribution in [2.75, 3.05) is 19.8 Å². The van der Waals surface area contributed by atoms with Crippen molar-refractivity contribution in [2.24, 2.45) is 0 Å². The Kier molecular flexibility index (Phi) is 15.2. The van der Waals surface area contributed by atoms with Crippen LogP contribution in [0.25, 0.3) is 0 Å². The maximum Gasteiger partial charge on any atom is 0.220 e. The molecule has 1 N–H and O–H groups in total. The van der Waals surface area contributed by atoms with Gasteiger partial charge in [-0.1, -0.05) is 45.7 Å². The molecule has 204 valence electrons. The standard InChI is InChI=1S/C22H44N4O7P2/c1-19(2)34(28,29)32-16-9-6-5-8-14-23-22(27)13-11-15-26-18-21(24-25-26)12-7-10-17-33-35(30,31)20(3)4/h18-20H,5-17H2,1-4H3,(H,23,27)(H,28,29)(H,30,31)/p-2. The van der Waals surface area contributed by atoms with Crippen molar-refractivity contribution in [3.8, 4) is 0 Å². The zero-order valence-corrected chi connectivity index (χ0v) is 23.3. The van der Waals surface area contributed by atoms with E-state index in [-0.39, 0.29) is 19.1 Å². The van der Waals surface area contributed by atoms with Crippen LogP contribution in [-0.2, 0) is 35.9 Å². The summed E-state index contributed by atoms with van der Waals surface area (Å²) in [5, 5.41) is 11.1. The molecule has 0 saturated heterocycles. The number of amides is 1. The van der Waals surface area contributed by atoms with Crippen molar-refractivity contribution in [3.63, 3.8) is 0 Å². The van der Waals surface area contributed by atoms with Crippen molar-refractivity contribution < 1.29 is 32.8 Å². The topological polar surface area (TPSA) is 159 Å². The largest absolute Gasteiger partial charge is 0.778 e. The average molecular weight is 537 g/mol. The van der Waals surface area contributed by atoms with Gasteiger partial charge in [0.1, 0.15) is 15.2 Å². The van der Waals surface area contributed by atoms with Crippen LogP contribution in [0.5, 0.6) is 0 Å². The molecule has 0 radical (unpaired) electrons. The third-order valence-electron chi connectivity index (χ3n) is 5.41. The lowest BCUT2D eigenvalue weighted by Crippen LogP contribution is -2.24. The van der Waals surface area contributed by atoms with Crippen LogP contribution in [0.3, 0.4) is 0 Å². The molecule has 1 heterocycles. The van der Waals surface area contributed by atoms with E-state index < -0.39 is 26.5 Å². The van der Waals surface area contributed by atoms with Crippen LogP contribution in [0.1, 0.15) is 84.8 Å². The monoisotopic (exact) mass is 536 g/mol. The van der Waals surface area contributed by atoms with Crippen LogP contribution in [0.15, 0.2) is 6.20 Å². The van der Waals surface area contributed by atoms with Crippen molar-refractivity contribution in [1.82, 2.24) is 20.3 Å². The number of nitrogens with one attached hydrogen (secondary N) is 1. The minimum atomic E-state index is -3.75. The molecule has 1 amide bonds. The highest BCUT2D eigenvalue weighted by molar-refractivity contribution is 7.52. The van der Waals surface area contributed by atoms with Crippen LogP contribution < -0.4 is 15.1 Å². The fraction of sp³-hybridized carbons (Fsp3) is 0.864. The molecule has 0 aliphatic carbocycles. The van der Waals surface area contributed by atoms with Gasteiger partial charge in [-0.05, 0) is 38.5 Å². The molecular weight excluding hydrogens is 494 g/mol. The highest BCUT2D eigenvalue weighted by Gasteiger charge is 2.14. The average Bonchev–Trinajstić information content (AvgIpc) is 3.22. The number of hydrogen-bond acceptors (Lipinski definition) is 9. The fourth-order valence-corrected chi connectivity index (χ4v) is 4.31. The third-order valence-corrected chi connectivity index (χ3v) is 9.02. The summed E-state index contributed by atoms with van der Waals surface area (Å²) >= 11 is 0. The number of rotatable bonds is 20. The highest BCUT2D eigenvalue weighted by atomic mass is 31.2. The second kappa shape index (κ2) is 16.6. The van der Waals surface area contributed by atoms with Gasteiger partial charge in [-0.15, -0.1) is 5.10 Å². The van der Waals surface area contributed by atoms with Gasteiger partial charge in [-0.2, -0.15) is 0 Å². The predicted octanol–water partition coefficient (Wildman–Crippen LogP) is 3.01. The van der Waals surface area contributed by atoms with E-state index in [4.69, 9.17) is 9.05 Å². The SMILES string of the molecule is CC(C)P(=O)([O-])OCCCCCCNC(=O)CCCn1cc(CCCCOP(=O)([O-])C(C)C)nn1. The summed E-state index contributed by atoms with van der Waals surface area (Å²) in [4.78, 5) is 35.1. The second-order valence-electron chi connectivity index (χ2n) is 9.23. The van der Waals surface area contributed by atoms with Gasteiger partial charge in [0.15, 0.2) is 0 Å². The molecule has 0 saturated carbocycles. The number of carbonyl (C=O) groups excluding carboxylic acids is 1. The first kappa shape index (κ1) is 31.9. The minimum Gasteiger partial charge on any atom is -0.778 e. The van der Waals surface area contributed by atoms with Gasteiger partial charge < -0.3 is 33.3 Å². The van der Waals surface area contributed by atoms with Gasteiger partial charge in [0, 0.05) is 37.0 Å². The molecule has 0 fully saturated rings. The number of unbranched alkanes of at least 4 members (excludes halogenated alkanes) is 4. The van der Waals surface area contributed by atoms with Crippen molar-refractivity contribution >= 4 is 21.1 Å². The predicted molar refractivity (Wildman–Crippen MR) is 131 cm³/mol. The molecule has 0 aromatic carbocycles. The summed E-state index contributed by atoms with van der Waals surface area (Å²) < 4.78 is 34.8. The van der Waals surface area contributed by atoms with E-state index in [0.717, 1.165) is 31.4 Å². The van der Waals surface area contributed by atoms with Crippen molar-refractivity contribution in [3.05, 3.63) is 11.9 Å². The number of aromatic nitrogens is 3. The lowest BCUT2D eigenvalue weighted by Gasteiger charge is -2.26. The van der Waals surface area contributed by atoms with Crippen LogP contribution in [0.4, 0.5) is 0 Å². The molecule has 1 rings (SSSR count). The van der Waals surface area contributed by atoms with E-state index >= 15 is 0 Å². The van der Waals surface area contributed by atoms with Gasteiger partial charge >= 0.3 is 0 Å². The van der Waals surface area contributed by atoms with Crippen LogP contribution in [0.2, 0.25) is 0 Å². The smallest absolute Gasteiger partial charge is 0.220 e. The number of nitrogens with zero attached hydrogens (tertiary/aromatic N) is 3. The van der Waals surface area contributed by atoms with Crippen LogP contribution >= 0.6 is 15.2 Å². The second-order valence-corrected chi connectivity index (χ2v) is 14.0. The maximum atomic E-state index is 12.0. The molecule has 0 spiro atoms. The molecule has 0 aliphatic heterocycles. The Labute approximate surface area is 209 Å². The maximum absolute atomic E-state index is 12.0. The molecule has 2 unspecified atom stereocenters. The first-order chi connectivity index (χ1) is 16.4. The Balaban J connectivity index is 2.04. The summed E-state index contributed by atoms with van der Waals surface area (Å²) in [6.45, 7) is 8.00. The molecule has 1 aromatic heterocycles. The van der Waals surface area contributed by atoms with E-state index in [9.17, 15) is 23.7 Å². The zero-order chi connectivity index (χ0) is 26.3. The molecule has 2 atom stereocenters. The lowest BCUT2D eigenvalue weighted by molar-refractivity contribution is -0.201. The molecule has 13 heteroatoms. The van der Waals surface area contributed by atoms with E-state index in [1.54, 1.807) is 32.4 Å². The summed E-state index contributed by atoms with van der Waals surface area (Å²) in [7, 11) is -7.48. The summed E-state index contributed by atoms with van der Waals surface area (Å²) in [5.41, 5.74) is -0.185. The van der Waals surface area contributed by atoms with E-state index in [1.807, 2.05) is 6.20 Å². The zero-order valence-electron chi connectivity index (χ0n) is 21.5. The molecular formula is C22H42N4O7P2-2. The molecule has 35 heavy (non-hydrogen) atoms.